The SMILES string of the molecule is O=C1c2ccccc2C(=O)c2c1oc1c(C(=O)Nc3ccccn3)cc3cc(Br)ccc3c21. The molecule has 1 N–H and O–H groups in total. The van der Waals surface area contributed by atoms with Crippen molar-refractivity contribution in [3.8, 4) is 0 Å². The van der Waals surface area contributed by atoms with Crippen LogP contribution in [0.25, 0.3) is 21.7 Å². The van der Waals surface area contributed by atoms with Crippen molar-refractivity contribution in [2.45, 2.75) is 0 Å². The summed E-state index contributed by atoms with van der Waals surface area (Å²) in [5.74, 6) is -0.802. The summed E-state index contributed by atoms with van der Waals surface area (Å²) in [6.45, 7) is 0. The highest BCUT2D eigenvalue weighted by atomic mass is 79.9. The first-order chi connectivity index (χ1) is 16.0. The molecule has 0 saturated carbocycles. The van der Waals surface area contributed by atoms with E-state index in [1.54, 1.807) is 54.7 Å². The van der Waals surface area contributed by atoms with Gasteiger partial charge in [0.2, 0.25) is 5.78 Å². The van der Waals surface area contributed by atoms with Gasteiger partial charge in [-0.25, -0.2) is 4.98 Å². The highest BCUT2D eigenvalue weighted by Crippen LogP contribution is 2.41. The lowest BCUT2D eigenvalue weighted by molar-refractivity contribution is 0.0961. The lowest BCUT2D eigenvalue weighted by Crippen LogP contribution is -2.19. The molecule has 6 rings (SSSR count). The minimum atomic E-state index is -0.455. The molecule has 0 radical (unpaired) electrons. The molecule has 3 aromatic carbocycles. The van der Waals surface area contributed by atoms with Crippen LogP contribution >= 0.6 is 15.9 Å². The van der Waals surface area contributed by atoms with Crippen LogP contribution in [0.1, 0.15) is 42.4 Å². The van der Waals surface area contributed by atoms with Crippen LogP contribution in [-0.4, -0.2) is 22.5 Å². The van der Waals surface area contributed by atoms with Crippen molar-refractivity contribution < 1.29 is 18.8 Å². The molecule has 0 unspecified atom stereocenters. The first kappa shape index (κ1) is 19.6. The van der Waals surface area contributed by atoms with Gasteiger partial charge in [0.15, 0.2) is 11.5 Å². The smallest absolute Gasteiger partial charge is 0.260 e. The largest absolute Gasteiger partial charge is 0.451 e. The third-order valence-corrected chi connectivity index (χ3v) is 6.23. The number of nitrogens with one attached hydrogen (secondary N) is 1. The van der Waals surface area contributed by atoms with E-state index in [0.29, 0.717) is 27.7 Å². The molecular formula is C26H13BrN2O4. The number of furan rings is 1. The number of aromatic nitrogens is 1. The molecule has 0 aliphatic heterocycles. The van der Waals surface area contributed by atoms with Crippen LogP contribution in [0, 0.1) is 0 Å². The summed E-state index contributed by atoms with van der Waals surface area (Å²) in [5.41, 5.74) is 1.21. The topological polar surface area (TPSA) is 89.3 Å². The Kier molecular flexibility index (Phi) is 4.28. The van der Waals surface area contributed by atoms with E-state index in [-0.39, 0.29) is 34.0 Å². The summed E-state index contributed by atoms with van der Waals surface area (Å²) >= 11 is 3.47. The number of pyridine rings is 1. The first-order valence-electron chi connectivity index (χ1n) is 10.1. The summed E-state index contributed by atoms with van der Waals surface area (Å²) in [5, 5.41) is 4.65. The van der Waals surface area contributed by atoms with Gasteiger partial charge in [-0.1, -0.05) is 52.3 Å². The Bertz CT molecular complexity index is 1650. The second-order valence-electron chi connectivity index (χ2n) is 7.67. The van der Waals surface area contributed by atoms with Gasteiger partial charge in [0, 0.05) is 27.2 Å². The highest BCUT2D eigenvalue weighted by Gasteiger charge is 2.36. The molecule has 2 aromatic heterocycles. The molecule has 0 saturated heterocycles. The number of hydrogen-bond acceptors (Lipinski definition) is 5. The van der Waals surface area contributed by atoms with Gasteiger partial charge in [-0.3, -0.25) is 14.4 Å². The van der Waals surface area contributed by atoms with Gasteiger partial charge in [-0.15, -0.1) is 0 Å². The number of ketones is 2. The summed E-state index contributed by atoms with van der Waals surface area (Å²) in [6.07, 6.45) is 1.57. The van der Waals surface area contributed by atoms with Gasteiger partial charge in [0.1, 0.15) is 11.4 Å². The van der Waals surface area contributed by atoms with Gasteiger partial charge >= 0.3 is 0 Å². The number of fused-ring (bicyclic) bond motifs is 6. The number of hydrogen-bond donors (Lipinski definition) is 1. The number of nitrogens with zero attached hydrogens (tertiary/aromatic N) is 1. The molecule has 1 amide bonds. The van der Waals surface area contributed by atoms with Crippen molar-refractivity contribution in [1.29, 1.82) is 0 Å². The molecule has 0 fully saturated rings. The van der Waals surface area contributed by atoms with Crippen LogP contribution in [0.4, 0.5) is 5.82 Å². The van der Waals surface area contributed by atoms with Crippen LogP contribution in [0.5, 0.6) is 0 Å². The fraction of sp³-hybridized carbons (Fsp3) is 0. The zero-order chi connectivity index (χ0) is 22.7. The van der Waals surface area contributed by atoms with Crippen molar-refractivity contribution in [2.24, 2.45) is 0 Å². The lowest BCUT2D eigenvalue weighted by Gasteiger charge is -2.13. The van der Waals surface area contributed by atoms with Gasteiger partial charge in [-0.2, -0.15) is 0 Å². The Labute approximate surface area is 195 Å². The van der Waals surface area contributed by atoms with E-state index in [9.17, 15) is 14.4 Å². The van der Waals surface area contributed by atoms with Crippen LogP contribution < -0.4 is 5.32 Å². The van der Waals surface area contributed by atoms with Gasteiger partial charge < -0.3 is 9.73 Å². The van der Waals surface area contributed by atoms with Crippen LogP contribution in [-0.2, 0) is 0 Å². The van der Waals surface area contributed by atoms with E-state index in [0.717, 1.165) is 9.86 Å². The van der Waals surface area contributed by atoms with E-state index < -0.39 is 5.91 Å². The molecule has 1 aliphatic carbocycles. The quantitative estimate of drug-likeness (QED) is 0.328. The third-order valence-electron chi connectivity index (χ3n) is 5.74. The van der Waals surface area contributed by atoms with E-state index >= 15 is 0 Å². The fourth-order valence-corrected chi connectivity index (χ4v) is 4.66. The summed E-state index contributed by atoms with van der Waals surface area (Å²) in [7, 11) is 0. The Balaban J connectivity index is 1.66. The highest BCUT2D eigenvalue weighted by molar-refractivity contribution is 9.10. The monoisotopic (exact) mass is 496 g/mol. The normalized spacial score (nSPS) is 12.6. The summed E-state index contributed by atoms with van der Waals surface area (Å²) in [4.78, 5) is 44.1. The Morgan fingerprint density at radius 1 is 0.909 bits per heavy atom. The minimum absolute atomic E-state index is 0.0454. The maximum atomic E-state index is 13.5. The predicted molar refractivity (Wildman–Crippen MR) is 127 cm³/mol. The molecule has 1 aliphatic rings. The number of carbonyl (C=O) groups is 3. The van der Waals surface area contributed by atoms with E-state index in [2.05, 4.69) is 26.2 Å². The number of amides is 1. The van der Waals surface area contributed by atoms with Gasteiger partial charge in [-0.05, 0) is 41.1 Å². The van der Waals surface area contributed by atoms with Crippen LogP contribution in [0.2, 0.25) is 0 Å². The van der Waals surface area contributed by atoms with Gasteiger partial charge in [0.25, 0.3) is 5.91 Å². The molecule has 7 heteroatoms. The molecule has 158 valence electrons. The molecule has 2 heterocycles. The predicted octanol–water partition coefficient (Wildman–Crippen LogP) is 5.77. The zero-order valence-electron chi connectivity index (χ0n) is 16.9. The summed E-state index contributed by atoms with van der Waals surface area (Å²) < 4.78 is 6.81. The lowest BCUT2D eigenvalue weighted by atomic mass is 9.86. The maximum Gasteiger partial charge on any atom is 0.260 e. The molecule has 33 heavy (non-hydrogen) atoms. The standard InChI is InChI=1S/C26H13BrN2O4/c27-14-8-9-15-13(11-14)12-18(26(32)29-19-7-3-4-10-28-19)24-20(15)21-22(30)16-5-1-2-6-17(16)23(31)25(21)33-24/h1-12H,(H,28,29,32). The second-order valence-corrected chi connectivity index (χ2v) is 8.59. The zero-order valence-corrected chi connectivity index (χ0v) is 18.5. The Morgan fingerprint density at radius 3 is 2.42 bits per heavy atom. The average molecular weight is 497 g/mol. The third kappa shape index (κ3) is 2.93. The van der Waals surface area contributed by atoms with Gasteiger partial charge in [0.05, 0.1) is 11.1 Å². The minimum Gasteiger partial charge on any atom is -0.451 e. The van der Waals surface area contributed by atoms with Crippen LogP contribution in [0.15, 0.2) is 81.8 Å². The average Bonchev–Trinajstić information content (AvgIpc) is 3.24. The van der Waals surface area contributed by atoms with Crippen molar-refractivity contribution in [2.75, 3.05) is 5.32 Å². The molecule has 0 bridgehead atoms. The first-order valence-corrected chi connectivity index (χ1v) is 10.9. The van der Waals surface area contributed by atoms with E-state index in [1.807, 2.05) is 18.2 Å². The molecule has 5 aromatic rings. The Morgan fingerprint density at radius 2 is 1.67 bits per heavy atom. The van der Waals surface area contributed by atoms with Crippen molar-refractivity contribution in [1.82, 2.24) is 4.98 Å². The summed E-state index contributed by atoms with van der Waals surface area (Å²) in [6, 6.07) is 19.1. The van der Waals surface area contributed by atoms with E-state index in [1.165, 1.54) is 0 Å². The van der Waals surface area contributed by atoms with Crippen LogP contribution in [0.3, 0.4) is 0 Å². The molecular weight excluding hydrogens is 484 g/mol. The number of anilines is 1. The number of halogens is 1. The maximum absolute atomic E-state index is 13.5. The number of rotatable bonds is 2. The molecule has 0 atom stereocenters. The molecule has 6 nitrogen and oxygen atoms in total. The number of carbonyl (C=O) groups excluding carboxylic acids is 3. The van der Waals surface area contributed by atoms with Crippen molar-refractivity contribution >= 4 is 61.0 Å². The van der Waals surface area contributed by atoms with Crippen molar-refractivity contribution in [3.05, 3.63) is 105 Å². The van der Waals surface area contributed by atoms with E-state index in [4.69, 9.17) is 4.42 Å². The Hall–Kier alpha value is -4.10. The van der Waals surface area contributed by atoms with Crippen molar-refractivity contribution in [3.63, 3.8) is 0 Å². The molecule has 0 spiro atoms. The number of benzene rings is 3. The fourth-order valence-electron chi connectivity index (χ4n) is 4.28. The second kappa shape index (κ2) is 7.21.